The molecule has 0 unspecified atom stereocenters. The molecule has 8 heteroatoms. The molecule has 1 saturated carbocycles. The van der Waals surface area contributed by atoms with Crippen LogP contribution in [0.3, 0.4) is 0 Å². The Morgan fingerprint density at radius 2 is 2.07 bits per heavy atom. The largest absolute Gasteiger partial charge is 0.465 e. The zero-order chi connectivity index (χ0) is 20.2. The molecule has 0 aromatic carbocycles. The van der Waals surface area contributed by atoms with E-state index in [1.165, 1.54) is 4.90 Å². The van der Waals surface area contributed by atoms with Gasteiger partial charge in [-0.05, 0) is 46.5 Å². The van der Waals surface area contributed by atoms with Crippen LogP contribution in [0.4, 0.5) is 10.6 Å². The summed E-state index contributed by atoms with van der Waals surface area (Å²) in [5.41, 5.74) is -0.737. The Bertz CT molecular complexity index is 648. The number of carbonyl (C=O) groups is 2. The topological polar surface area (TPSA) is 108 Å². The van der Waals surface area contributed by atoms with Gasteiger partial charge in [0.05, 0.1) is 18.3 Å². The highest BCUT2D eigenvalue weighted by Gasteiger charge is 2.39. The Morgan fingerprint density at radius 3 is 2.56 bits per heavy atom. The number of carbonyl (C=O) groups excluding carboxylic acids is 1. The molecule has 1 aliphatic carbocycles. The van der Waals surface area contributed by atoms with Crippen molar-refractivity contribution in [2.45, 2.75) is 89.9 Å². The van der Waals surface area contributed by atoms with Gasteiger partial charge in [0.1, 0.15) is 5.82 Å². The van der Waals surface area contributed by atoms with Crippen LogP contribution in [0.1, 0.15) is 72.3 Å². The van der Waals surface area contributed by atoms with Gasteiger partial charge < -0.3 is 15.5 Å². The number of hydrogen-bond donors (Lipinski definition) is 3. The maximum absolute atomic E-state index is 12.7. The van der Waals surface area contributed by atoms with Gasteiger partial charge >= 0.3 is 6.09 Å². The third-order valence-electron chi connectivity index (χ3n) is 5.09. The average Bonchev–Trinajstić information content (AvgIpc) is 2.94. The maximum atomic E-state index is 12.7. The molecule has 1 fully saturated rings. The number of nitrogens with one attached hydrogen (secondary N) is 1. The van der Waals surface area contributed by atoms with E-state index in [2.05, 4.69) is 10.4 Å². The number of aliphatic hydroxyl groups excluding tert-OH is 1. The summed E-state index contributed by atoms with van der Waals surface area (Å²) in [5.74, 6) is -0.0664. The standard InChI is InChI=1S/C19H32N4O4/c1-5-6-10-14(22(18(26)27)19(2,3)4)16(24)17(25)21-15-11-12-20-23(15)13-8-7-9-13/h11-14,16,24H,5-10H2,1-4H3,(H,21,25)(H,26,27)/t14-,16+/m0/s1. The lowest BCUT2D eigenvalue weighted by Gasteiger charge is -2.41. The van der Waals surface area contributed by atoms with E-state index in [1.54, 1.807) is 37.7 Å². The summed E-state index contributed by atoms with van der Waals surface area (Å²) < 4.78 is 1.77. The van der Waals surface area contributed by atoms with Gasteiger partial charge in [-0.25, -0.2) is 9.48 Å². The molecule has 1 aromatic rings. The molecule has 1 heterocycles. The molecule has 2 amide bonds. The van der Waals surface area contributed by atoms with Crippen molar-refractivity contribution < 1.29 is 19.8 Å². The van der Waals surface area contributed by atoms with Crippen molar-refractivity contribution in [1.82, 2.24) is 14.7 Å². The van der Waals surface area contributed by atoms with Crippen LogP contribution >= 0.6 is 0 Å². The summed E-state index contributed by atoms with van der Waals surface area (Å²) in [4.78, 5) is 25.8. The van der Waals surface area contributed by atoms with Gasteiger partial charge in [0, 0.05) is 11.6 Å². The summed E-state index contributed by atoms with van der Waals surface area (Å²) in [6.07, 6.45) is 4.16. The monoisotopic (exact) mass is 380 g/mol. The molecule has 1 aliphatic rings. The molecule has 1 aromatic heterocycles. The van der Waals surface area contributed by atoms with Crippen LogP contribution in [0, 0.1) is 0 Å². The lowest BCUT2D eigenvalue weighted by Crippen LogP contribution is -2.57. The third kappa shape index (κ3) is 5.00. The minimum atomic E-state index is -1.46. The minimum Gasteiger partial charge on any atom is -0.465 e. The SMILES string of the molecule is CCCC[C@@H]([C@@H](O)C(=O)Nc1ccnn1C1CCC1)N(C(=O)O)C(C)(C)C. The number of rotatable bonds is 8. The second-order valence-corrected chi connectivity index (χ2v) is 8.21. The first-order valence-corrected chi connectivity index (χ1v) is 9.71. The quantitative estimate of drug-likeness (QED) is 0.642. The Balaban J connectivity index is 2.18. The molecular weight excluding hydrogens is 348 g/mol. The second-order valence-electron chi connectivity index (χ2n) is 8.21. The molecule has 8 nitrogen and oxygen atoms in total. The van der Waals surface area contributed by atoms with Crippen LogP contribution in [0.15, 0.2) is 12.3 Å². The number of aromatic nitrogens is 2. The smallest absolute Gasteiger partial charge is 0.408 e. The van der Waals surface area contributed by atoms with Gasteiger partial charge in [-0.2, -0.15) is 5.10 Å². The van der Waals surface area contributed by atoms with E-state index in [0.717, 1.165) is 32.1 Å². The molecule has 0 spiro atoms. The van der Waals surface area contributed by atoms with E-state index in [4.69, 9.17) is 0 Å². The molecule has 0 aliphatic heterocycles. The lowest BCUT2D eigenvalue weighted by atomic mass is 9.93. The normalized spacial score (nSPS) is 17.1. The minimum absolute atomic E-state index is 0.272. The number of hydrogen-bond acceptors (Lipinski definition) is 4. The van der Waals surface area contributed by atoms with E-state index < -0.39 is 29.7 Å². The van der Waals surface area contributed by atoms with Gasteiger partial charge in [0.15, 0.2) is 6.10 Å². The number of aliphatic hydroxyl groups is 1. The zero-order valence-corrected chi connectivity index (χ0v) is 16.7. The third-order valence-corrected chi connectivity index (χ3v) is 5.09. The zero-order valence-electron chi connectivity index (χ0n) is 16.7. The van der Waals surface area contributed by atoms with Gasteiger partial charge in [-0.15, -0.1) is 0 Å². The van der Waals surface area contributed by atoms with Crippen LogP contribution in [-0.4, -0.2) is 54.6 Å². The van der Waals surface area contributed by atoms with Crippen molar-refractivity contribution in [3.63, 3.8) is 0 Å². The number of amides is 2. The summed E-state index contributed by atoms with van der Waals surface area (Å²) in [5, 5.41) is 27.4. The average molecular weight is 380 g/mol. The van der Waals surface area contributed by atoms with Crippen LogP contribution in [0.2, 0.25) is 0 Å². The summed E-state index contributed by atoms with van der Waals surface area (Å²) in [6, 6.07) is 1.15. The summed E-state index contributed by atoms with van der Waals surface area (Å²) in [7, 11) is 0. The fraction of sp³-hybridized carbons (Fsp3) is 0.737. The number of unbranched alkanes of at least 4 members (excludes halogenated alkanes) is 1. The van der Waals surface area contributed by atoms with Crippen molar-refractivity contribution in [3.05, 3.63) is 12.3 Å². The predicted molar refractivity (Wildman–Crippen MR) is 103 cm³/mol. The Labute approximate surface area is 160 Å². The van der Waals surface area contributed by atoms with Crippen molar-refractivity contribution in [2.75, 3.05) is 5.32 Å². The predicted octanol–water partition coefficient (Wildman–Crippen LogP) is 3.24. The van der Waals surface area contributed by atoms with Gasteiger partial charge in [0.2, 0.25) is 0 Å². The van der Waals surface area contributed by atoms with E-state index in [9.17, 15) is 19.8 Å². The first kappa shape index (κ1) is 21.2. The molecule has 27 heavy (non-hydrogen) atoms. The molecule has 0 saturated heterocycles. The fourth-order valence-electron chi connectivity index (χ4n) is 3.48. The van der Waals surface area contributed by atoms with E-state index >= 15 is 0 Å². The molecular formula is C19H32N4O4. The Hall–Kier alpha value is -2.09. The first-order chi connectivity index (χ1) is 12.7. The van der Waals surface area contributed by atoms with Crippen LogP contribution in [-0.2, 0) is 4.79 Å². The summed E-state index contributed by atoms with van der Waals surface area (Å²) in [6.45, 7) is 7.27. The highest BCUT2D eigenvalue weighted by atomic mass is 16.4. The summed E-state index contributed by atoms with van der Waals surface area (Å²) >= 11 is 0. The van der Waals surface area contributed by atoms with Crippen molar-refractivity contribution in [2.24, 2.45) is 0 Å². The molecule has 3 N–H and O–H groups in total. The number of carboxylic acid groups (broad SMARTS) is 1. The van der Waals surface area contributed by atoms with Crippen LogP contribution in [0.5, 0.6) is 0 Å². The van der Waals surface area contributed by atoms with E-state index in [1.807, 2.05) is 6.92 Å². The van der Waals surface area contributed by atoms with Crippen molar-refractivity contribution in [1.29, 1.82) is 0 Å². The molecule has 0 bridgehead atoms. The highest BCUT2D eigenvalue weighted by Crippen LogP contribution is 2.33. The Morgan fingerprint density at radius 1 is 1.41 bits per heavy atom. The molecule has 152 valence electrons. The van der Waals surface area contributed by atoms with E-state index in [-0.39, 0.29) is 6.04 Å². The molecule has 2 atom stereocenters. The van der Waals surface area contributed by atoms with Gasteiger partial charge in [0.25, 0.3) is 5.91 Å². The Kier molecular flexibility index (Phi) is 6.86. The molecule has 2 rings (SSSR count). The molecule has 0 radical (unpaired) electrons. The second kappa shape index (κ2) is 8.73. The van der Waals surface area contributed by atoms with Crippen molar-refractivity contribution in [3.8, 4) is 0 Å². The fourth-order valence-corrected chi connectivity index (χ4v) is 3.48. The van der Waals surface area contributed by atoms with E-state index in [0.29, 0.717) is 12.2 Å². The highest BCUT2D eigenvalue weighted by molar-refractivity contribution is 5.94. The first-order valence-electron chi connectivity index (χ1n) is 9.71. The van der Waals surface area contributed by atoms with Gasteiger partial charge in [-0.1, -0.05) is 19.8 Å². The van der Waals surface area contributed by atoms with Crippen LogP contribution in [0.25, 0.3) is 0 Å². The maximum Gasteiger partial charge on any atom is 0.408 e. The number of anilines is 1. The van der Waals surface area contributed by atoms with Crippen molar-refractivity contribution >= 4 is 17.8 Å². The number of nitrogens with zero attached hydrogens (tertiary/aromatic N) is 3. The van der Waals surface area contributed by atoms with Gasteiger partial charge in [-0.3, -0.25) is 9.69 Å². The lowest BCUT2D eigenvalue weighted by molar-refractivity contribution is -0.128. The van der Waals surface area contributed by atoms with Crippen LogP contribution < -0.4 is 5.32 Å².